The minimum absolute atomic E-state index is 0.00322. The number of fused-ring (bicyclic) bond motifs is 1. The Kier molecular flexibility index (Phi) is 6.44. The largest absolute Gasteiger partial charge is 0.496 e. The van der Waals surface area contributed by atoms with Gasteiger partial charge >= 0.3 is 0 Å². The van der Waals surface area contributed by atoms with Crippen molar-refractivity contribution in [3.8, 4) is 11.5 Å². The van der Waals surface area contributed by atoms with Gasteiger partial charge in [0.25, 0.3) is 11.8 Å². The molecule has 0 spiro atoms. The first-order valence-corrected chi connectivity index (χ1v) is 11.0. The number of anilines is 1. The fourth-order valence-electron chi connectivity index (χ4n) is 4.93. The second-order valence-corrected chi connectivity index (χ2v) is 8.41. The molecule has 0 bridgehead atoms. The molecule has 0 aromatic heterocycles. The first-order valence-electron chi connectivity index (χ1n) is 11.0. The number of carbonyl (C=O) groups is 2. The van der Waals surface area contributed by atoms with E-state index in [0.717, 1.165) is 25.4 Å². The third-order valence-electron chi connectivity index (χ3n) is 6.62. The van der Waals surface area contributed by atoms with E-state index in [4.69, 9.17) is 9.47 Å². The molecule has 31 heavy (non-hydrogen) atoms. The molecule has 2 unspecified atom stereocenters. The molecule has 1 saturated heterocycles. The van der Waals surface area contributed by atoms with E-state index in [-0.39, 0.29) is 11.8 Å². The maximum absolute atomic E-state index is 13.2. The van der Waals surface area contributed by atoms with Crippen LogP contribution in [-0.2, 0) is 0 Å². The first kappa shape index (κ1) is 21.2. The molecular formula is C25H30N2O4. The summed E-state index contributed by atoms with van der Waals surface area (Å²) in [7, 11) is 3.08. The SMILES string of the molecule is COc1ccccc1C(=O)Nc1ccc(C(=O)N2CCC3CCCCC3C2)c(OC)c1. The van der Waals surface area contributed by atoms with Gasteiger partial charge < -0.3 is 19.7 Å². The summed E-state index contributed by atoms with van der Waals surface area (Å²) in [6, 6.07) is 12.2. The van der Waals surface area contributed by atoms with E-state index in [0.29, 0.717) is 34.2 Å². The predicted molar refractivity (Wildman–Crippen MR) is 120 cm³/mol. The third kappa shape index (κ3) is 4.53. The topological polar surface area (TPSA) is 67.9 Å². The molecule has 6 nitrogen and oxygen atoms in total. The number of hydrogen-bond donors (Lipinski definition) is 1. The van der Waals surface area contributed by atoms with E-state index >= 15 is 0 Å². The molecule has 2 aromatic rings. The lowest BCUT2D eigenvalue weighted by Gasteiger charge is -2.41. The van der Waals surface area contributed by atoms with Gasteiger partial charge in [-0.3, -0.25) is 9.59 Å². The van der Waals surface area contributed by atoms with Gasteiger partial charge in [0.2, 0.25) is 0 Å². The van der Waals surface area contributed by atoms with Crippen LogP contribution in [0.5, 0.6) is 11.5 Å². The van der Waals surface area contributed by atoms with Gasteiger partial charge in [0.05, 0.1) is 25.3 Å². The summed E-state index contributed by atoms with van der Waals surface area (Å²) in [6.07, 6.45) is 6.21. The van der Waals surface area contributed by atoms with E-state index in [9.17, 15) is 9.59 Å². The van der Waals surface area contributed by atoms with Crippen LogP contribution in [0, 0.1) is 11.8 Å². The minimum atomic E-state index is -0.280. The fourth-order valence-corrected chi connectivity index (χ4v) is 4.93. The number of ether oxygens (including phenoxy) is 2. The van der Waals surface area contributed by atoms with Crippen molar-refractivity contribution in [2.45, 2.75) is 32.1 Å². The molecule has 2 fully saturated rings. The average Bonchev–Trinajstić information content (AvgIpc) is 2.83. The minimum Gasteiger partial charge on any atom is -0.496 e. The van der Waals surface area contributed by atoms with Crippen molar-refractivity contribution in [1.29, 1.82) is 0 Å². The van der Waals surface area contributed by atoms with Gasteiger partial charge in [-0.2, -0.15) is 0 Å². The number of methoxy groups -OCH3 is 2. The second-order valence-electron chi connectivity index (χ2n) is 8.41. The van der Waals surface area contributed by atoms with Crippen LogP contribution in [0.3, 0.4) is 0 Å². The van der Waals surface area contributed by atoms with Gasteiger partial charge in [-0.1, -0.05) is 31.4 Å². The molecule has 2 amide bonds. The maximum Gasteiger partial charge on any atom is 0.259 e. The normalized spacial score (nSPS) is 20.5. The molecule has 164 valence electrons. The average molecular weight is 423 g/mol. The van der Waals surface area contributed by atoms with Crippen molar-refractivity contribution in [3.63, 3.8) is 0 Å². The van der Waals surface area contributed by atoms with Crippen LogP contribution < -0.4 is 14.8 Å². The molecule has 6 heteroatoms. The monoisotopic (exact) mass is 422 g/mol. The summed E-state index contributed by atoms with van der Waals surface area (Å²) in [5.41, 5.74) is 1.54. The molecule has 1 N–H and O–H groups in total. The predicted octanol–water partition coefficient (Wildman–Crippen LogP) is 4.61. The van der Waals surface area contributed by atoms with Crippen molar-refractivity contribution in [2.75, 3.05) is 32.6 Å². The zero-order chi connectivity index (χ0) is 21.8. The number of para-hydroxylation sites is 1. The van der Waals surface area contributed by atoms with Crippen LogP contribution in [0.2, 0.25) is 0 Å². The van der Waals surface area contributed by atoms with Crippen LogP contribution >= 0.6 is 0 Å². The summed E-state index contributed by atoms with van der Waals surface area (Å²) in [4.78, 5) is 27.9. The lowest BCUT2D eigenvalue weighted by Crippen LogP contribution is -2.44. The number of benzene rings is 2. The molecule has 2 aromatic carbocycles. The quantitative estimate of drug-likeness (QED) is 0.764. The summed E-state index contributed by atoms with van der Waals surface area (Å²) in [5, 5.41) is 2.87. The third-order valence-corrected chi connectivity index (χ3v) is 6.62. The Bertz CT molecular complexity index is 958. The highest BCUT2D eigenvalue weighted by molar-refractivity contribution is 6.06. The maximum atomic E-state index is 13.2. The molecule has 1 heterocycles. The number of hydrogen-bond acceptors (Lipinski definition) is 4. The lowest BCUT2D eigenvalue weighted by molar-refractivity contribution is 0.0518. The van der Waals surface area contributed by atoms with Crippen molar-refractivity contribution >= 4 is 17.5 Å². The lowest BCUT2D eigenvalue weighted by atomic mass is 9.75. The number of rotatable bonds is 5. The van der Waals surface area contributed by atoms with Gasteiger partial charge in [-0.15, -0.1) is 0 Å². The Labute approximate surface area is 183 Å². The van der Waals surface area contributed by atoms with E-state index in [1.807, 2.05) is 11.0 Å². The highest BCUT2D eigenvalue weighted by Crippen LogP contribution is 2.37. The molecule has 2 aliphatic rings. The van der Waals surface area contributed by atoms with Gasteiger partial charge in [0, 0.05) is 24.8 Å². The van der Waals surface area contributed by atoms with Crippen LogP contribution in [0.15, 0.2) is 42.5 Å². The molecule has 4 rings (SSSR count). The number of nitrogens with zero attached hydrogens (tertiary/aromatic N) is 1. The first-order chi connectivity index (χ1) is 15.1. The van der Waals surface area contributed by atoms with Crippen LogP contribution in [0.25, 0.3) is 0 Å². The van der Waals surface area contributed by atoms with E-state index in [2.05, 4.69) is 5.32 Å². The Morgan fingerprint density at radius 2 is 1.65 bits per heavy atom. The Morgan fingerprint density at radius 1 is 0.903 bits per heavy atom. The molecule has 1 saturated carbocycles. The Balaban J connectivity index is 1.49. The van der Waals surface area contributed by atoms with Crippen LogP contribution in [-0.4, -0.2) is 44.0 Å². The number of carbonyl (C=O) groups excluding carboxylic acids is 2. The molecule has 1 aliphatic carbocycles. The van der Waals surface area contributed by atoms with Crippen LogP contribution in [0.4, 0.5) is 5.69 Å². The van der Waals surface area contributed by atoms with E-state index < -0.39 is 0 Å². The van der Waals surface area contributed by atoms with Gasteiger partial charge in [-0.25, -0.2) is 0 Å². The van der Waals surface area contributed by atoms with Crippen molar-refractivity contribution in [3.05, 3.63) is 53.6 Å². The summed E-state index contributed by atoms with van der Waals surface area (Å²) < 4.78 is 10.8. The highest BCUT2D eigenvalue weighted by Gasteiger charge is 2.34. The molecular weight excluding hydrogens is 392 g/mol. The number of amides is 2. The fraction of sp³-hybridized carbons (Fsp3) is 0.440. The summed E-state index contributed by atoms with van der Waals surface area (Å²) in [6.45, 7) is 1.63. The second kappa shape index (κ2) is 9.41. The Morgan fingerprint density at radius 3 is 2.42 bits per heavy atom. The van der Waals surface area contributed by atoms with Gasteiger partial charge in [0.1, 0.15) is 11.5 Å². The smallest absolute Gasteiger partial charge is 0.259 e. The van der Waals surface area contributed by atoms with E-state index in [1.54, 1.807) is 43.5 Å². The van der Waals surface area contributed by atoms with Crippen molar-refractivity contribution in [2.24, 2.45) is 11.8 Å². The molecule has 1 aliphatic heterocycles. The van der Waals surface area contributed by atoms with E-state index in [1.165, 1.54) is 32.8 Å². The standard InChI is InChI=1S/C25H30N2O4/c1-30-22-10-6-5-9-20(22)24(28)26-19-11-12-21(23(15-19)31-2)25(29)27-14-13-17-7-3-4-8-18(17)16-27/h5-6,9-12,15,17-18H,3-4,7-8,13-14,16H2,1-2H3,(H,26,28). The summed E-state index contributed by atoms with van der Waals surface area (Å²) >= 11 is 0. The number of nitrogens with one attached hydrogen (secondary N) is 1. The van der Waals surface area contributed by atoms with Crippen molar-refractivity contribution < 1.29 is 19.1 Å². The zero-order valence-corrected chi connectivity index (χ0v) is 18.2. The van der Waals surface area contributed by atoms with Gasteiger partial charge in [0.15, 0.2) is 0 Å². The summed E-state index contributed by atoms with van der Waals surface area (Å²) in [5.74, 6) is 2.09. The number of piperidine rings is 1. The Hall–Kier alpha value is -3.02. The van der Waals surface area contributed by atoms with Crippen LogP contribution in [0.1, 0.15) is 52.8 Å². The van der Waals surface area contributed by atoms with Gasteiger partial charge in [-0.05, 0) is 48.9 Å². The number of likely N-dealkylation sites (tertiary alicyclic amines) is 1. The zero-order valence-electron chi connectivity index (χ0n) is 18.2. The molecule has 0 radical (unpaired) electrons. The molecule has 2 atom stereocenters. The highest BCUT2D eigenvalue weighted by atomic mass is 16.5. The van der Waals surface area contributed by atoms with Crippen molar-refractivity contribution in [1.82, 2.24) is 4.90 Å².